The van der Waals surface area contributed by atoms with Gasteiger partial charge in [-0.15, -0.1) is 0 Å². The molecule has 3 rings (SSSR count). The van der Waals surface area contributed by atoms with E-state index in [4.69, 9.17) is 10.2 Å². The molecule has 17 heavy (non-hydrogen) atoms. The molecule has 1 aromatic carbocycles. The number of benzene rings is 1. The number of H-pyrrole nitrogens is 1. The molecule has 3 N–H and O–H groups in total. The topological polar surface area (TPSA) is 67.8 Å². The predicted molar refractivity (Wildman–Crippen MR) is 69.4 cm³/mol. The molecule has 3 aromatic rings. The van der Waals surface area contributed by atoms with Crippen LogP contribution in [0.1, 0.15) is 5.56 Å². The molecular formula is C12H10BrN3O. The molecule has 0 radical (unpaired) electrons. The summed E-state index contributed by atoms with van der Waals surface area (Å²) in [5, 5.41) is 0. The Morgan fingerprint density at radius 1 is 1.29 bits per heavy atom. The summed E-state index contributed by atoms with van der Waals surface area (Å²) in [5.74, 6) is 1.43. The molecule has 0 unspecified atom stereocenters. The standard InChI is InChI=1S/C12H10BrN3O/c13-11-4-3-10(17-11)12-15-8-2-1-7(6-14)5-9(8)16-12/h1-5H,6,14H2,(H,15,16). The van der Waals surface area contributed by atoms with Crippen LogP contribution < -0.4 is 5.73 Å². The van der Waals surface area contributed by atoms with Crippen molar-refractivity contribution in [3.63, 3.8) is 0 Å². The van der Waals surface area contributed by atoms with E-state index in [1.807, 2.05) is 30.3 Å². The number of nitrogens with one attached hydrogen (secondary N) is 1. The SMILES string of the molecule is NCc1ccc2nc(-c3ccc(Br)o3)[nH]c2c1. The van der Waals surface area contributed by atoms with Crippen LogP contribution >= 0.6 is 15.9 Å². The average Bonchev–Trinajstić information content (AvgIpc) is 2.93. The van der Waals surface area contributed by atoms with Crippen molar-refractivity contribution in [1.82, 2.24) is 9.97 Å². The van der Waals surface area contributed by atoms with E-state index in [0.717, 1.165) is 22.4 Å². The first-order chi connectivity index (χ1) is 8.26. The number of halogens is 1. The van der Waals surface area contributed by atoms with Crippen molar-refractivity contribution in [2.75, 3.05) is 0 Å². The highest BCUT2D eigenvalue weighted by molar-refractivity contribution is 9.10. The molecule has 0 aliphatic carbocycles. The van der Waals surface area contributed by atoms with Crippen LogP contribution in [-0.4, -0.2) is 9.97 Å². The lowest BCUT2D eigenvalue weighted by Gasteiger charge is -1.94. The summed E-state index contributed by atoms with van der Waals surface area (Å²) >= 11 is 3.27. The molecule has 5 heteroatoms. The summed E-state index contributed by atoms with van der Waals surface area (Å²) in [7, 11) is 0. The van der Waals surface area contributed by atoms with Gasteiger partial charge < -0.3 is 15.1 Å². The van der Waals surface area contributed by atoms with Crippen LogP contribution in [-0.2, 0) is 6.54 Å². The number of aromatic nitrogens is 2. The van der Waals surface area contributed by atoms with Crippen molar-refractivity contribution in [3.05, 3.63) is 40.6 Å². The van der Waals surface area contributed by atoms with E-state index < -0.39 is 0 Å². The fraction of sp³-hybridized carbons (Fsp3) is 0.0833. The van der Waals surface area contributed by atoms with Crippen molar-refractivity contribution < 1.29 is 4.42 Å². The monoisotopic (exact) mass is 291 g/mol. The Bertz CT molecular complexity index is 671. The van der Waals surface area contributed by atoms with Crippen molar-refractivity contribution in [2.45, 2.75) is 6.54 Å². The van der Waals surface area contributed by atoms with Crippen LogP contribution in [0.2, 0.25) is 0 Å². The number of hydrogen-bond donors (Lipinski definition) is 2. The van der Waals surface area contributed by atoms with Crippen molar-refractivity contribution >= 4 is 27.0 Å². The maximum Gasteiger partial charge on any atom is 0.174 e. The zero-order valence-electron chi connectivity index (χ0n) is 8.90. The molecule has 0 fully saturated rings. The number of nitrogens with zero attached hydrogens (tertiary/aromatic N) is 1. The molecule has 2 aromatic heterocycles. The van der Waals surface area contributed by atoms with Gasteiger partial charge in [0.1, 0.15) is 0 Å². The highest BCUT2D eigenvalue weighted by Crippen LogP contribution is 2.25. The van der Waals surface area contributed by atoms with Crippen LogP contribution in [0.25, 0.3) is 22.6 Å². The Balaban J connectivity index is 2.13. The van der Waals surface area contributed by atoms with Crippen LogP contribution in [0.4, 0.5) is 0 Å². The van der Waals surface area contributed by atoms with Gasteiger partial charge in [-0.1, -0.05) is 6.07 Å². The summed E-state index contributed by atoms with van der Waals surface area (Å²) in [6.45, 7) is 0.524. The molecule has 0 atom stereocenters. The van der Waals surface area contributed by atoms with Crippen LogP contribution in [0, 0.1) is 0 Å². The smallest absolute Gasteiger partial charge is 0.174 e. The number of imidazole rings is 1. The minimum Gasteiger partial charge on any atom is -0.446 e. The third-order valence-electron chi connectivity index (χ3n) is 2.59. The van der Waals surface area contributed by atoms with Gasteiger partial charge in [0.05, 0.1) is 11.0 Å². The number of rotatable bonds is 2. The molecule has 0 spiro atoms. The summed E-state index contributed by atoms with van der Waals surface area (Å²) in [6.07, 6.45) is 0. The van der Waals surface area contributed by atoms with Gasteiger partial charge in [0.25, 0.3) is 0 Å². The van der Waals surface area contributed by atoms with E-state index in [0.29, 0.717) is 17.0 Å². The second-order valence-electron chi connectivity index (χ2n) is 3.74. The van der Waals surface area contributed by atoms with Crippen molar-refractivity contribution in [2.24, 2.45) is 5.73 Å². The quantitative estimate of drug-likeness (QED) is 0.762. The molecule has 0 saturated carbocycles. The minimum absolute atomic E-state index is 0.524. The van der Waals surface area contributed by atoms with E-state index >= 15 is 0 Å². The molecule has 0 saturated heterocycles. The van der Waals surface area contributed by atoms with Gasteiger partial charge in [-0.05, 0) is 45.8 Å². The Morgan fingerprint density at radius 3 is 2.88 bits per heavy atom. The van der Waals surface area contributed by atoms with Gasteiger partial charge in [-0.2, -0.15) is 0 Å². The van der Waals surface area contributed by atoms with Crippen LogP contribution in [0.15, 0.2) is 39.4 Å². The Kier molecular flexibility index (Phi) is 2.49. The predicted octanol–water partition coefficient (Wildman–Crippen LogP) is 3.04. The lowest BCUT2D eigenvalue weighted by molar-refractivity contribution is 0.552. The molecule has 0 amide bonds. The Hall–Kier alpha value is -1.59. The van der Waals surface area contributed by atoms with Gasteiger partial charge in [-0.3, -0.25) is 0 Å². The molecule has 2 heterocycles. The molecule has 0 aliphatic rings. The van der Waals surface area contributed by atoms with Crippen molar-refractivity contribution in [3.8, 4) is 11.6 Å². The van der Waals surface area contributed by atoms with Gasteiger partial charge in [0.2, 0.25) is 0 Å². The van der Waals surface area contributed by atoms with Gasteiger partial charge in [0, 0.05) is 6.54 Å². The number of nitrogens with two attached hydrogens (primary N) is 1. The maximum absolute atomic E-state index is 5.60. The number of fused-ring (bicyclic) bond motifs is 1. The fourth-order valence-electron chi connectivity index (χ4n) is 1.74. The van der Waals surface area contributed by atoms with Gasteiger partial charge in [0.15, 0.2) is 16.3 Å². The highest BCUT2D eigenvalue weighted by Gasteiger charge is 2.09. The Morgan fingerprint density at radius 2 is 2.18 bits per heavy atom. The van der Waals surface area contributed by atoms with E-state index in [1.165, 1.54) is 0 Å². The van der Waals surface area contributed by atoms with Crippen LogP contribution in [0.3, 0.4) is 0 Å². The van der Waals surface area contributed by atoms with Gasteiger partial charge >= 0.3 is 0 Å². The summed E-state index contributed by atoms with van der Waals surface area (Å²) < 4.78 is 6.14. The first-order valence-electron chi connectivity index (χ1n) is 5.20. The number of aromatic amines is 1. The third-order valence-corrected chi connectivity index (χ3v) is 3.01. The molecule has 4 nitrogen and oxygen atoms in total. The van der Waals surface area contributed by atoms with E-state index in [2.05, 4.69) is 25.9 Å². The third kappa shape index (κ3) is 1.87. The summed E-state index contributed by atoms with van der Waals surface area (Å²) in [5.41, 5.74) is 8.56. The van der Waals surface area contributed by atoms with Gasteiger partial charge in [-0.25, -0.2) is 4.98 Å². The van der Waals surface area contributed by atoms with E-state index in [-0.39, 0.29) is 0 Å². The maximum atomic E-state index is 5.60. The number of furan rings is 1. The average molecular weight is 292 g/mol. The van der Waals surface area contributed by atoms with E-state index in [9.17, 15) is 0 Å². The molecule has 0 bridgehead atoms. The second-order valence-corrected chi connectivity index (χ2v) is 4.53. The number of hydrogen-bond acceptors (Lipinski definition) is 3. The molecule has 0 aliphatic heterocycles. The normalized spacial score (nSPS) is 11.2. The second kappa shape index (κ2) is 4.01. The fourth-order valence-corrected chi connectivity index (χ4v) is 2.05. The first-order valence-corrected chi connectivity index (χ1v) is 6.00. The highest BCUT2D eigenvalue weighted by atomic mass is 79.9. The molecule has 86 valence electrons. The first kappa shape index (κ1) is 10.6. The lowest BCUT2D eigenvalue weighted by Crippen LogP contribution is -1.95. The zero-order chi connectivity index (χ0) is 11.8. The van der Waals surface area contributed by atoms with Crippen LogP contribution in [0.5, 0.6) is 0 Å². The largest absolute Gasteiger partial charge is 0.446 e. The van der Waals surface area contributed by atoms with Crippen molar-refractivity contribution in [1.29, 1.82) is 0 Å². The lowest BCUT2D eigenvalue weighted by atomic mass is 10.2. The summed E-state index contributed by atoms with van der Waals surface area (Å²) in [6, 6.07) is 9.64. The Labute approximate surface area is 106 Å². The molecular weight excluding hydrogens is 282 g/mol. The minimum atomic E-state index is 0.524. The van der Waals surface area contributed by atoms with E-state index in [1.54, 1.807) is 0 Å². The zero-order valence-corrected chi connectivity index (χ0v) is 10.5. The summed E-state index contributed by atoms with van der Waals surface area (Å²) in [4.78, 5) is 7.68.